The molecular weight excluding hydrogens is 310 g/mol. The highest BCUT2D eigenvalue weighted by molar-refractivity contribution is 9.10. The number of likely N-dealkylation sites (N-methyl/N-ethyl adjacent to an activating group) is 1. The molecule has 3 N–H and O–H groups in total. The van der Waals surface area contributed by atoms with Gasteiger partial charge < -0.3 is 16.0 Å². The van der Waals surface area contributed by atoms with E-state index in [0.717, 1.165) is 10.0 Å². The van der Waals surface area contributed by atoms with Crippen LogP contribution in [-0.4, -0.2) is 36.3 Å². The zero-order valence-electron chi connectivity index (χ0n) is 10.9. The molecule has 2 amide bonds. The van der Waals surface area contributed by atoms with E-state index in [2.05, 4.69) is 21.2 Å². The molecule has 0 aliphatic rings. The third-order valence-electron chi connectivity index (χ3n) is 2.51. The maximum absolute atomic E-state index is 12.0. The molecule has 0 fully saturated rings. The molecular formula is C13H18BrN3O2. The van der Waals surface area contributed by atoms with E-state index in [1.807, 2.05) is 31.2 Å². The van der Waals surface area contributed by atoms with E-state index in [4.69, 9.17) is 5.73 Å². The molecule has 0 heterocycles. The molecule has 0 atom stereocenters. The van der Waals surface area contributed by atoms with Crippen molar-refractivity contribution in [1.82, 2.24) is 10.2 Å². The van der Waals surface area contributed by atoms with Crippen molar-refractivity contribution in [2.75, 3.05) is 19.6 Å². The second-order valence-electron chi connectivity index (χ2n) is 4.12. The largest absolute Gasteiger partial charge is 0.368 e. The summed E-state index contributed by atoms with van der Waals surface area (Å²) in [6.07, 6.45) is 0. The fraction of sp³-hybridized carbons (Fsp3) is 0.385. The Kier molecular flexibility index (Phi) is 6.52. The third kappa shape index (κ3) is 5.85. The first kappa shape index (κ1) is 15.7. The average Bonchev–Trinajstić information content (AvgIpc) is 2.37. The molecule has 6 heteroatoms. The van der Waals surface area contributed by atoms with Crippen LogP contribution in [0.25, 0.3) is 0 Å². The van der Waals surface area contributed by atoms with Crippen molar-refractivity contribution in [2.45, 2.75) is 13.5 Å². The predicted octanol–water partition coefficient (Wildman–Crippen LogP) is 0.872. The minimum atomic E-state index is -0.512. The zero-order chi connectivity index (χ0) is 14.3. The van der Waals surface area contributed by atoms with Crippen LogP contribution >= 0.6 is 15.9 Å². The molecule has 1 aromatic rings. The highest BCUT2D eigenvalue weighted by Crippen LogP contribution is 2.12. The van der Waals surface area contributed by atoms with Crippen LogP contribution in [0.2, 0.25) is 0 Å². The number of halogens is 1. The van der Waals surface area contributed by atoms with Gasteiger partial charge in [-0.2, -0.15) is 0 Å². The number of benzene rings is 1. The Labute approximate surface area is 121 Å². The van der Waals surface area contributed by atoms with Gasteiger partial charge in [0.2, 0.25) is 11.8 Å². The molecule has 0 radical (unpaired) electrons. The van der Waals surface area contributed by atoms with Gasteiger partial charge >= 0.3 is 0 Å². The summed E-state index contributed by atoms with van der Waals surface area (Å²) in [5.74, 6) is -0.648. The van der Waals surface area contributed by atoms with Crippen molar-refractivity contribution < 1.29 is 9.59 Å². The number of primary amides is 1. The quantitative estimate of drug-likeness (QED) is 0.780. The highest BCUT2D eigenvalue weighted by atomic mass is 79.9. The van der Waals surface area contributed by atoms with Gasteiger partial charge in [0, 0.05) is 11.0 Å². The van der Waals surface area contributed by atoms with Gasteiger partial charge in [-0.25, -0.2) is 0 Å². The maximum Gasteiger partial charge on any atom is 0.237 e. The summed E-state index contributed by atoms with van der Waals surface area (Å²) in [7, 11) is 0. The SMILES string of the molecule is CCNCC(=O)N(CC(N)=O)Cc1ccc(Br)cc1. The van der Waals surface area contributed by atoms with Crippen molar-refractivity contribution in [3.8, 4) is 0 Å². The second-order valence-corrected chi connectivity index (χ2v) is 5.04. The van der Waals surface area contributed by atoms with Crippen LogP contribution in [-0.2, 0) is 16.1 Å². The lowest BCUT2D eigenvalue weighted by atomic mass is 10.2. The Morgan fingerprint density at radius 2 is 1.95 bits per heavy atom. The molecule has 1 aromatic carbocycles. The monoisotopic (exact) mass is 327 g/mol. The van der Waals surface area contributed by atoms with E-state index in [0.29, 0.717) is 13.1 Å². The van der Waals surface area contributed by atoms with Gasteiger partial charge in [0.25, 0.3) is 0 Å². The van der Waals surface area contributed by atoms with Crippen LogP contribution in [0.3, 0.4) is 0 Å². The summed E-state index contributed by atoms with van der Waals surface area (Å²) in [5.41, 5.74) is 6.13. The molecule has 0 aliphatic carbocycles. The van der Waals surface area contributed by atoms with Crippen LogP contribution < -0.4 is 11.1 Å². The van der Waals surface area contributed by atoms with Crippen molar-refractivity contribution >= 4 is 27.7 Å². The number of carbonyl (C=O) groups excluding carboxylic acids is 2. The number of nitrogens with two attached hydrogens (primary N) is 1. The minimum absolute atomic E-state index is 0.0692. The van der Waals surface area contributed by atoms with Crippen molar-refractivity contribution in [2.24, 2.45) is 5.73 Å². The molecule has 0 aromatic heterocycles. The van der Waals surface area contributed by atoms with E-state index in [1.54, 1.807) is 0 Å². The average molecular weight is 328 g/mol. The first-order valence-electron chi connectivity index (χ1n) is 6.04. The zero-order valence-corrected chi connectivity index (χ0v) is 12.4. The summed E-state index contributed by atoms with van der Waals surface area (Å²) < 4.78 is 0.969. The lowest BCUT2D eigenvalue weighted by Gasteiger charge is -2.21. The molecule has 0 saturated carbocycles. The molecule has 104 valence electrons. The third-order valence-corrected chi connectivity index (χ3v) is 3.04. The number of nitrogens with zero attached hydrogens (tertiary/aromatic N) is 1. The number of carbonyl (C=O) groups is 2. The summed E-state index contributed by atoms with van der Waals surface area (Å²) in [4.78, 5) is 24.4. The summed E-state index contributed by atoms with van der Waals surface area (Å²) in [6, 6.07) is 7.59. The van der Waals surface area contributed by atoms with Crippen molar-refractivity contribution in [3.63, 3.8) is 0 Å². The molecule has 0 aliphatic heterocycles. The first-order chi connectivity index (χ1) is 9.02. The standard InChI is InChI=1S/C13H18BrN3O2/c1-2-16-7-13(19)17(9-12(15)18)8-10-3-5-11(14)6-4-10/h3-6,16H,2,7-9H2,1H3,(H2,15,18). The number of hydrogen-bond acceptors (Lipinski definition) is 3. The second kappa shape index (κ2) is 7.91. The van der Waals surface area contributed by atoms with Gasteiger partial charge in [-0.15, -0.1) is 0 Å². The number of nitrogens with one attached hydrogen (secondary N) is 1. The van der Waals surface area contributed by atoms with Gasteiger partial charge in [0.1, 0.15) is 0 Å². The summed E-state index contributed by atoms with van der Waals surface area (Å²) >= 11 is 3.35. The lowest BCUT2D eigenvalue weighted by molar-refractivity contribution is -0.135. The van der Waals surface area contributed by atoms with Gasteiger partial charge in [0.15, 0.2) is 0 Å². The topological polar surface area (TPSA) is 75.4 Å². The molecule has 0 spiro atoms. The fourth-order valence-corrected chi connectivity index (χ4v) is 1.84. The molecule has 1 rings (SSSR count). The van der Waals surface area contributed by atoms with Gasteiger partial charge in [0.05, 0.1) is 13.1 Å². The molecule has 0 bridgehead atoms. The van der Waals surface area contributed by atoms with Crippen molar-refractivity contribution in [1.29, 1.82) is 0 Å². The van der Waals surface area contributed by atoms with Crippen LogP contribution in [0.15, 0.2) is 28.7 Å². The summed E-state index contributed by atoms with van der Waals surface area (Å²) in [6.45, 7) is 3.13. The van der Waals surface area contributed by atoms with Crippen LogP contribution in [0, 0.1) is 0 Å². The van der Waals surface area contributed by atoms with E-state index >= 15 is 0 Å². The predicted molar refractivity (Wildman–Crippen MR) is 77.3 cm³/mol. The highest BCUT2D eigenvalue weighted by Gasteiger charge is 2.15. The molecule has 0 unspecified atom stereocenters. The molecule has 5 nitrogen and oxygen atoms in total. The Balaban J connectivity index is 2.70. The smallest absolute Gasteiger partial charge is 0.237 e. The lowest BCUT2D eigenvalue weighted by Crippen LogP contribution is -2.42. The fourth-order valence-electron chi connectivity index (χ4n) is 1.57. The summed E-state index contributed by atoms with van der Waals surface area (Å²) in [5, 5.41) is 2.95. The van der Waals surface area contributed by atoms with E-state index in [1.165, 1.54) is 4.90 Å². The van der Waals surface area contributed by atoms with Crippen LogP contribution in [0.1, 0.15) is 12.5 Å². The van der Waals surface area contributed by atoms with Gasteiger partial charge in [-0.3, -0.25) is 9.59 Å². The normalized spacial score (nSPS) is 10.2. The Hall–Kier alpha value is -1.40. The maximum atomic E-state index is 12.0. The number of rotatable bonds is 7. The minimum Gasteiger partial charge on any atom is -0.368 e. The van der Waals surface area contributed by atoms with Crippen LogP contribution in [0.5, 0.6) is 0 Å². The number of amides is 2. The van der Waals surface area contributed by atoms with Crippen LogP contribution in [0.4, 0.5) is 0 Å². The van der Waals surface area contributed by atoms with Crippen molar-refractivity contribution in [3.05, 3.63) is 34.3 Å². The molecule has 19 heavy (non-hydrogen) atoms. The molecule has 0 saturated heterocycles. The van der Waals surface area contributed by atoms with E-state index in [9.17, 15) is 9.59 Å². The number of hydrogen-bond donors (Lipinski definition) is 2. The Morgan fingerprint density at radius 1 is 1.32 bits per heavy atom. The van der Waals surface area contributed by atoms with Gasteiger partial charge in [-0.1, -0.05) is 35.0 Å². The Bertz CT molecular complexity index is 434. The van der Waals surface area contributed by atoms with E-state index < -0.39 is 5.91 Å². The van der Waals surface area contributed by atoms with E-state index in [-0.39, 0.29) is 19.0 Å². The Morgan fingerprint density at radius 3 is 2.47 bits per heavy atom. The van der Waals surface area contributed by atoms with Gasteiger partial charge in [-0.05, 0) is 24.2 Å². The first-order valence-corrected chi connectivity index (χ1v) is 6.83.